The molecule has 2 atom stereocenters. The van der Waals surface area contributed by atoms with E-state index in [9.17, 15) is 4.79 Å². The SMILES string of the molecule is COC(=O)C(OC)C(Cc1ccccc1)N(C)C. The van der Waals surface area contributed by atoms with Crippen LogP contribution in [0.1, 0.15) is 5.56 Å². The summed E-state index contributed by atoms with van der Waals surface area (Å²) >= 11 is 0. The molecule has 0 spiro atoms. The Morgan fingerprint density at radius 2 is 1.83 bits per heavy atom. The lowest BCUT2D eigenvalue weighted by Gasteiger charge is -2.29. The highest BCUT2D eigenvalue weighted by Crippen LogP contribution is 2.13. The Bertz CT molecular complexity index is 365. The average Bonchev–Trinajstić information content (AvgIpc) is 2.39. The van der Waals surface area contributed by atoms with Crippen molar-refractivity contribution in [2.75, 3.05) is 28.3 Å². The van der Waals surface area contributed by atoms with Crippen LogP contribution in [0.2, 0.25) is 0 Å². The van der Waals surface area contributed by atoms with Crippen molar-refractivity contribution in [2.24, 2.45) is 0 Å². The molecule has 0 aliphatic rings. The van der Waals surface area contributed by atoms with Gasteiger partial charge in [-0.15, -0.1) is 0 Å². The second kappa shape index (κ2) is 7.13. The van der Waals surface area contributed by atoms with Crippen molar-refractivity contribution >= 4 is 5.97 Å². The maximum Gasteiger partial charge on any atom is 0.336 e. The van der Waals surface area contributed by atoms with Gasteiger partial charge >= 0.3 is 5.97 Å². The Hall–Kier alpha value is -1.39. The summed E-state index contributed by atoms with van der Waals surface area (Å²) in [5.41, 5.74) is 1.17. The average molecular weight is 251 g/mol. The fourth-order valence-corrected chi connectivity index (χ4v) is 1.94. The molecule has 0 aliphatic heterocycles. The van der Waals surface area contributed by atoms with Gasteiger partial charge in [-0.05, 0) is 26.1 Å². The number of carbonyl (C=O) groups is 1. The molecule has 0 aromatic heterocycles. The molecule has 0 aliphatic carbocycles. The van der Waals surface area contributed by atoms with Crippen LogP contribution in [-0.2, 0) is 20.7 Å². The van der Waals surface area contributed by atoms with Gasteiger partial charge in [0.15, 0.2) is 6.10 Å². The van der Waals surface area contributed by atoms with Crippen molar-refractivity contribution in [2.45, 2.75) is 18.6 Å². The minimum atomic E-state index is -0.579. The number of esters is 1. The van der Waals surface area contributed by atoms with E-state index in [1.165, 1.54) is 19.8 Å². The molecule has 0 N–H and O–H groups in total. The number of hydrogen-bond acceptors (Lipinski definition) is 4. The first kappa shape index (κ1) is 14.7. The molecule has 0 saturated carbocycles. The van der Waals surface area contributed by atoms with Crippen molar-refractivity contribution in [3.8, 4) is 0 Å². The smallest absolute Gasteiger partial charge is 0.336 e. The van der Waals surface area contributed by atoms with E-state index in [-0.39, 0.29) is 12.0 Å². The standard InChI is InChI=1S/C14H21NO3/c1-15(2)12(13(17-3)14(16)18-4)10-11-8-6-5-7-9-11/h5-9,12-13H,10H2,1-4H3. The zero-order valence-corrected chi connectivity index (χ0v) is 11.4. The first-order valence-electron chi connectivity index (χ1n) is 5.91. The van der Waals surface area contributed by atoms with Crippen LogP contribution in [0.25, 0.3) is 0 Å². The Morgan fingerprint density at radius 1 is 1.22 bits per heavy atom. The van der Waals surface area contributed by atoms with E-state index in [4.69, 9.17) is 9.47 Å². The topological polar surface area (TPSA) is 38.8 Å². The summed E-state index contributed by atoms with van der Waals surface area (Å²) in [5.74, 6) is -0.341. The predicted molar refractivity (Wildman–Crippen MR) is 70.4 cm³/mol. The van der Waals surface area contributed by atoms with Crippen LogP contribution >= 0.6 is 0 Å². The van der Waals surface area contributed by atoms with Gasteiger partial charge < -0.3 is 14.4 Å². The summed E-state index contributed by atoms with van der Waals surface area (Å²) in [6.07, 6.45) is 0.159. The summed E-state index contributed by atoms with van der Waals surface area (Å²) in [6.45, 7) is 0. The van der Waals surface area contributed by atoms with E-state index < -0.39 is 6.10 Å². The maximum absolute atomic E-state index is 11.7. The van der Waals surface area contributed by atoms with Gasteiger partial charge in [0.25, 0.3) is 0 Å². The van der Waals surface area contributed by atoms with Crippen molar-refractivity contribution in [3.05, 3.63) is 35.9 Å². The second-order valence-electron chi connectivity index (χ2n) is 4.40. The summed E-state index contributed by atoms with van der Waals surface area (Å²) in [7, 11) is 6.78. The summed E-state index contributed by atoms with van der Waals surface area (Å²) in [6, 6.07) is 9.98. The van der Waals surface area contributed by atoms with Crippen LogP contribution in [0, 0.1) is 0 Å². The van der Waals surface area contributed by atoms with Crippen molar-refractivity contribution in [1.82, 2.24) is 4.90 Å². The molecule has 0 heterocycles. The zero-order valence-electron chi connectivity index (χ0n) is 11.4. The lowest BCUT2D eigenvalue weighted by Crippen LogP contribution is -2.46. The summed E-state index contributed by atoms with van der Waals surface area (Å²) in [4.78, 5) is 13.7. The lowest BCUT2D eigenvalue weighted by molar-refractivity contribution is -0.156. The third kappa shape index (κ3) is 3.82. The largest absolute Gasteiger partial charge is 0.467 e. The van der Waals surface area contributed by atoms with E-state index in [1.54, 1.807) is 0 Å². The van der Waals surface area contributed by atoms with Gasteiger partial charge in [0, 0.05) is 7.11 Å². The highest BCUT2D eigenvalue weighted by atomic mass is 16.6. The number of ether oxygens (including phenoxy) is 2. The minimum Gasteiger partial charge on any atom is -0.467 e. The van der Waals surface area contributed by atoms with Gasteiger partial charge in [-0.1, -0.05) is 30.3 Å². The molecule has 2 unspecified atom stereocenters. The van der Waals surface area contributed by atoms with Crippen LogP contribution in [0.3, 0.4) is 0 Å². The Balaban J connectivity index is 2.85. The van der Waals surface area contributed by atoms with Crippen molar-refractivity contribution in [1.29, 1.82) is 0 Å². The van der Waals surface area contributed by atoms with Gasteiger partial charge in [0.05, 0.1) is 13.2 Å². The molecule has 1 aromatic carbocycles. The molecule has 0 bridgehead atoms. The molecule has 4 nitrogen and oxygen atoms in total. The van der Waals surface area contributed by atoms with Crippen molar-refractivity contribution in [3.63, 3.8) is 0 Å². The predicted octanol–water partition coefficient (Wildman–Crippen LogP) is 1.35. The highest BCUT2D eigenvalue weighted by molar-refractivity contribution is 5.75. The van der Waals surface area contributed by atoms with Crippen LogP contribution in [-0.4, -0.2) is 51.3 Å². The molecule has 0 radical (unpaired) electrons. The number of carbonyl (C=O) groups excluding carboxylic acids is 1. The quantitative estimate of drug-likeness (QED) is 0.715. The van der Waals surface area contributed by atoms with Crippen LogP contribution < -0.4 is 0 Å². The third-order valence-corrected chi connectivity index (χ3v) is 2.99. The fraction of sp³-hybridized carbons (Fsp3) is 0.500. The number of benzene rings is 1. The summed E-state index contributed by atoms with van der Waals surface area (Å²) in [5, 5.41) is 0. The van der Waals surface area contributed by atoms with Crippen molar-refractivity contribution < 1.29 is 14.3 Å². The molecule has 18 heavy (non-hydrogen) atoms. The second-order valence-corrected chi connectivity index (χ2v) is 4.40. The Labute approximate surface area is 108 Å². The van der Waals surface area contributed by atoms with Gasteiger partial charge in [-0.3, -0.25) is 0 Å². The van der Waals surface area contributed by atoms with Crippen LogP contribution in [0.15, 0.2) is 30.3 Å². The van der Waals surface area contributed by atoms with Gasteiger partial charge in [-0.2, -0.15) is 0 Å². The van der Waals surface area contributed by atoms with Crippen LogP contribution in [0.5, 0.6) is 0 Å². The zero-order chi connectivity index (χ0) is 13.5. The van der Waals surface area contributed by atoms with Gasteiger partial charge in [0.1, 0.15) is 0 Å². The molecule has 0 saturated heterocycles. The Kier molecular flexibility index (Phi) is 5.82. The molecule has 100 valence electrons. The normalized spacial score (nSPS) is 14.3. The third-order valence-electron chi connectivity index (χ3n) is 2.99. The molecule has 4 heteroatoms. The molecule has 0 amide bonds. The molecular formula is C14H21NO3. The molecule has 0 fully saturated rings. The van der Waals surface area contributed by atoms with Crippen LogP contribution in [0.4, 0.5) is 0 Å². The fourth-order valence-electron chi connectivity index (χ4n) is 1.94. The van der Waals surface area contributed by atoms with E-state index in [1.807, 2.05) is 49.3 Å². The summed E-state index contributed by atoms with van der Waals surface area (Å²) < 4.78 is 10.1. The van der Waals surface area contributed by atoms with Gasteiger partial charge in [0.2, 0.25) is 0 Å². The monoisotopic (exact) mass is 251 g/mol. The first-order valence-corrected chi connectivity index (χ1v) is 5.91. The molecule has 1 rings (SSSR count). The number of hydrogen-bond donors (Lipinski definition) is 0. The van der Waals surface area contributed by atoms with E-state index in [2.05, 4.69) is 0 Å². The molecular weight excluding hydrogens is 230 g/mol. The lowest BCUT2D eigenvalue weighted by atomic mass is 10.0. The maximum atomic E-state index is 11.7. The number of nitrogens with zero attached hydrogens (tertiary/aromatic N) is 1. The Morgan fingerprint density at radius 3 is 2.28 bits per heavy atom. The number of rotatable bonds is 6. The number of methoxy groups -OCH3 is 2. The highest BCUT2D eigenvalue weighted by Gasteiger charge is 2.30. The molecule has 1 aromatic rings. The van der Waals surface area contributed by atoms with E-state index in [0.717, 1.165) is 6.42 Å². The number of likely N-dealkylation sites (N-methyl/N-ethyl adjacent to an activating group) is 1. The first-order chi connectivity index (χ1) is 8.60. The van der Waals surface area contributed by atoms with Gasteiger partial charge in [-0.25, -0.2) is 4.79 Å². The van der Waals surface area contributed by atoms with E-state index in [0.29, 0.717) is 0 Å². The van der Waals surface area contributed by atoms with E-state index >= 15 is 0 Å². The minimum absolute atomic E-state index is 0.0511.